The van der Waals surface area contributed by atoms with Gasteiger partial charge in [-0.3, -0.25) is 4.90 Å². The van der Waals surface area contributed by atoms with Crippen molar-refractivity contribution in [1.29, 1.82) is 0 Å². The zero-order valence-corrected chi connectivity index (χ0v) is 17.8. The summed E-state index contributed by atoms with van der Waals surface area (Å²) in [5, 5.41) is 30.7. The average molecular weight is 436 g/mol. The third kappa shape index (κ3) is 4.10. The first-order valence-corrected chi connectivity index (χ1v) is 10.4. The molecule has 0 bridgehead atoms. The maximum atomic E-state index is 11.3. The van der Waals surface area contributed by atoms with E-state index in [0.29, 0.717) is 37.1 Å². The van der Waals surface area contributed by atoms with Crippen LogP contribution in [0, 0.1) is 6.92 Å². The van der Waals surface area contributed by atoms with Gasteiger partial charge in [-0.05, 0) is 49.9 Å². The van der Waals surface area contributed by atoms with E-state index in [1.165, 1.54) is 4.90 Å². The number of aromatic nitrogens is 2. The summed E-state index contributed by atoms with van der Waals surface area (Å²) in [4.78, 5) is 15.0. The molecule has 1 aliphatic carbocycles. The molecule has 2 fully saturated rings. The van der Waals surface area contributed by atoms with E-state index < -0.39 is 6.09 Å². The van der Waals surface area contributed by atoms with Crippen LogP contribution < -0.4 is 5.32 Å². The van der Waals surface area contributed by atoms with E-state index in [0.717, 1.165) is 29.7 Å². The number of hydrogen-bond acceptors (Lipinski definition) is 7. The van der Waals surface area contributed by atoms with Crippen molar-refractivity contribution in [3.63, 3.8) is 0 Å². The van der Waals surface area contributed by atoms with E-state index in [-0.39, 0.29) is 24.1 Å². The smallest absolute Gasteiger partial charge is 0.407 e. The van der Waals surface area contributed by atoms with Crippen LogP contribution in [0.1, 0.15) is 36.8 Å². The van der Waals surface area contributed by atoms with E-state index in [9.17, 15) is 15.0 Å². The highest BCUT2D eigenvalue weighted by atomic mass is 35.5. The molecular weight excluding hydrogens is 410 g/mol. The molecule has 1 aromatic carbocycles. The molecule has 0 spiro atoms. The standard InChI is InChI=1S/C20H26ClN5O4/c1-12-9-25(5-6-26(12)19(28)29)10-14-7-15(21)8-16(13(14)2)22-18-24-23-17(30-18)20(11-27)3-4-20/h7-8,12,27H,3-6,9-11H2,1-2H3,(H,22,24)(H,28,29)/t12-/m0/s1. The molecule has 0 radical (unpaired) electrons. The van der Waals surface area contributed by atoms with Crippen molar-refractivity contribution >= 4 is 29.4 Å². The average Bonchev–Trinajstić information content (AvgIpc) is 3.36. The molecule has 1 aromatic heterocycles. The van der Waals surface area contributed by atoms with Crippen molar-refractivity contribution in [2.45, 2.75) is 44.7 Å². The van der Waals surface area contributed by atoms with Gasteiger partial charge in [0, 0.05) is 42.9 Å². The number of aliphatic hydroxyl groups is 1. The second-order valence-corrected chi connectivity index (χ2v) is 8.71. The molecule has 162 valence electrons. The fraction of sp³-hybridized carbons (Fsp3) is 0.550. The molecule has 4 rings (SSSR count). The number of benzene rings is 1. The number of halogens is 1. The van der Waals surface area contributed by atoms with Gasteiger partial charge in [0.05, 0.1) is 12.0 Å². The van der Waals surface area contributed by atoms with Gasteiger partial charge in [-0.1, -0.05) is 16.7 Å². The molecule has 10 heteroatoms. The third-order valence-corrected chi connectivity index (χ3v) is 6.33. The lowest BCUT2D eigenvalue weighted by molar-refractivity contribution is 0.0710. The highest BCUT2D eigenvalue weighted by molar-refractivity contribution is 6.31. The summed E-state index contributed by atoms with van der Waals surface area (Å²) in [5.41, 5.74) is 2.46. The lowest BCUT2D eigenvalue weighted by Gasteiger charge is -2.38. The van der Waals surface area contributed by atoms with Crippen LogP contribution in [0.2, 0.25) is 5.02 Å². The molecule has 1 saturated heterocycles. The number of piperazine rings is 1. The monoisotopic (exact) mass is 435 g/mol. The van der Waals surface area contributed by atoms with E-state index in [2.05, 4.69) is 20.4 Å². The number of rotatable bonds is 6. The molecule has 1 amide bonds. The normalized spacial score (nSPS) is 20.9. The van der Waals surface area contributed by atoms with Crippen LogP contribution in [0.15, 0.2) is 16.5 Å². The number of nitrogens with zero attached hydrogens (tertiary/aromatic N) is 4. The Labute approximate surface area is 179 Å². The minimum Gasteiger partial charge on any atom is -0.465 e. The van der Waals surface area contributed by atoms with Gasteiger partial charge in [0.1, 0.15) is 0 Å². The number of carbonyl (C=O) groups is 1. The number of amides is 1. The van der Waals surface area contributed by atoms with Crippen molar-refractivity contribution in [1.82, 2.24) is 20.0 Å². The summed E-state index contributed by atoms with van der Waals surface area (Å²) < 4.78 is 5.73. The first kappa shape index (κ1) is 20.9. The van der Waals surface area contributed by atoms with Crippen LogP contribution in [0.25, 0.3) is 0 Å². The Balaban J connectivity index is 1.48. The zero-order chi connectivity index (χ0) is 21.5. The van der Waals surface area contributed by atoms with Gasteiger partial charge in [-0.25, -0.2) is 4.79 Å². The minimum absolute atomic E-state index is 0.00252. The van der Waals surface area contributed by atoms with Gasteiger partial charge < -0.3 is 24.8 Å². The van der Waals surface area contributed by atoms with Crippen molar-refractivity contribution in [2.75, 3.05) is 31.6 Å². The van der Waals surface area contributed by atoms with Gasteiger partial charge in [0.25, 0.3) is 0 Å². The van der Waals surface area contributed by atoms with Crippen molar-refractivity contribution in [2.24, 2.45) is 0 Å². The van der Waals surface area contributed by atoms with E-state index in [4.69, 9.17) is 16.0 Å². The van der Waals surface area contributed by atoms with Gasteiger partial charge in [-0.15, -0.1) is 5.10 Å². The van der Waals surface area contributed by atoms with E-state index in [1.807, 2.05) is 26.0 Å². The Morgan fingerprint density at radius 3 is 2.77 bits per heavy atom. The molecule has 9 nitrogen and oxygen atoms in total. The molecule has 30 heavy (non-hydrogen) atoms. The summed E-state index contributed by atoms with van der Waals surface area (Å²) in [6.07, 6.45) is 0.818. The number of nitrogens with one attached hydrogen (secondary N) is 1. The predicted molar refractivity (Wildman–Crippen MR) is 111 cm³/mol. The van der Waals surface area contributed by atoms with Crippen LogP contribution in [0.5, 0.6) is 0 Å². The Kier molecular flexibility index (Phi) is 5.61. The lowest BCUT2D eigenvalue weighted by Crippen LogP contribution is -2.53. The summed E-state index contributed by atoms with van der Waals surface area (Å²) in [6.45, 7) is 6.41. The second-order valence-electron chi connectivity index (χ2n) is 8.27. The number of hydrogen-bond donors (Lipinski definition) is 3. The predicted octanol–water partition coefficient (Wildman–Crippen LogP) is 2.98. The second kappa shape index (κ2) is 8.05. The van der Waals surface area contributed by atoms with Crippen LogP contribution in [0.3, 0.4) is 0 Å². The Morgan fingerprint density at radius 1 is 1.37 bits per heavy atom. The SMILES string of the molecule is Cc1c(CN2CCN(C(=O)O)[C@@H](C)C2)cc(Cl)cc1Nc1nnc(C2(CO)CC2)o1. The zero-order valence-electron chi connectivity index (χ0n) is 17.1. The lowest BCUT2D eigenvalue weighted by atomic mass is 10.0. The van der Waals surface area contributed by atoms with Crippen LogP contribution in [-0.2, 0) is 12.0 Å². The third-order valence-electron chi connectivity index (χ3n) is 6.11. The first-order chi connectivity index (χ1) is 14.3. The molecule has 2 aromatic rings. The Morgan fingerprint density at radius 2 is 2.13 bits per heavy atom. The maximum absolute atomic E-state index is 11.3. The van der Waals surface area contributed by atoms with Gasteiger partial charge in [0.15, 0.2) is 0 Å². The molecule has 0 unspecified atom stereocenters. The molecule has 1 atom stereocenters. The van der Waals surface area contributed by atoms with Crippen molar-refractivity contribution < 1.29 is 19.4 Å². The van der Waals surface area contributed by atoms with Gasteiger partial charge >= 0.3 is 12.1 Å². The number of carboxylic acid groups (broad SMARTS) is 1. The summed E-state index contributed by atoms with van der Waals surface area (Å²) >= 11 is 6.37. The highest BCUT2D eigenvalue weighted by Crippen LogP contribution is 2.47. The summed E-state index contributed by atoms with van der Waals surface area (Å²) in [6, 6.07) is 3.95. The molecule has 2 aliphatic rings. The summed E-state index contributed by atoms with van der Waals surface area (Å²) in [5.74, 6) is 0.456. The maximum Gasteiger partial charge on any atom is 0.407 e. The first-order valence-electron chi connectivity index (χ1n) is 10.0. The van der Waals surface area contributed by atoms with Gasteiger partial charge in [0.2, 0.25) is 5.89 Å². The largest absolute Gasteiger partial charge is 0.465 e. The van der Waals surface area contributed by atoms with Crippen molar-refractivity contribution in [3.05, 3.63) is 34.2 Å². The molecule has 2 heterocycles. The molecule has 3 N–H and O–H groups in total. The van der Waals surface area contributed by atoms with Crippen LogP contribution in [-0.4, -0.2) is 68.6 Å². The Bertz CT molecular complexity index is 945. The molecular formula is C20H26ClN5O4. The number of aliphatic hydroxyl groups excluding tert-OH is 1. The topological polar surface area (TPSA) is 115 Å². The van der Waals surface area contributed by atoms with Gasteiger partial charge in [-0.2, -0.15) is 0 Å². The van der Waals surface area contributed by atoms with E-state index in [1.54, 1.807) is 0 Å². The molecule has 1 aliphatic heterocycles. The Hall–Kier alpha value is -2.36. The quantitative estimate of drug-likeness (QED) is 0.634. The van der Waals surface area contributed by atoms with E-state index >= 15 is 0 Å². The van der Waals surface area contributed by atoms with Crippen molar-refractivity contribution in [3.8, 4) is 0 Å². The fourth-order valence-electron chi connectivity index (χ4n) is 3.93. The fourth-order valence-corrected chi connectivity index (χ4v) is 4.17. The minimum atomic E-state index is -0.874. The highest BCUT2D eigenvalue weighted by Gasteiger charge is 2.48. The van der Waals surface area contributed by atoms with Crippen LogP contribution >= 0.6 is 11.6 Å². The number of anilines is 2. The molecule has 1 saturated carbocycles. The van der Waals surface area contributed by atoms with Crippen LogP contribution in [0.4, 0.5) is 16.5 Å². The summed E-state index contributed by atoms with van der Waals surface area (Å²) in [7, 11) is 0.